The standard InChI is InChI=1S/C11H17F3N4O/c1-8(10-15-9(2)16-19-10)18-5-3-17(4-6-18)7-11(12,13)14/h8H,3-7H2,1-2H3. The van der Waals surface area contributed by atoms with Crippen molar-refractivity contribution in [3.05, 3.63) is 11.7 Å². The van der Waals surface area contributed by atoms with Gasteiger partial charge in [0.1, 0.15) is 0 Å². The van der Waals surface area contributed by atoms with Crippen molar-refractivity contribution in [3.63, 3.8) is 0 Å². The summed E-state index contributed by atoms with van der Waals surface area (Å²) in [6, 6.07) is -0.0609. The largest absolute Gasteiger partial charge is 0.401 e. The maximum atomic E-state index is 12.3. The van der Waals surface area contributed by atoms with Crippen LogP contribution in [0.15, 0.2) is 4.52 Å². The number of aryl methyl sites for hydroxylation is 1. The second-order valence-corrected chi connectivity index (χ2v) is 4.78. The van der Waals surface area contributed by atoms with Gasteiger partial charge >= 0.3 is 6.18 Å². The van der Waals surface area contributed by atoms with Crippen LogP contribution in [0.4, 0.5) is 13.2 Å². The second-order valence-electron chi connectivity index (χ2n) is 4.78. The van der Waals surface area contributed by atoms with E-state index in [1.54, 1.807) is 6.92 Å². The second kappa shape index (κ2) is 5.46. The normalized spacial score (nSPS) is 20.7. The Morgan fingerprint density at radius 3 is 2.37 bits per heavy atom. The fourth-order valence-electron chi connectivity index (χ4n) is 2.20. The molecular weight excluding hydrogens is 261 g/mol. The summed E-state index contributed by atoms with van der Waals surface area (Å²) in [5.74, 6) is 1.08. The third-order valence-electron chi connectivity index (χ3n) is 3.26. The summed E-state index contributed by atoms with van der Waals surface area (Å²) in [5, 5.41) is 3.72. The molecule has 108 valence electrons. The highest BCUT2D eigenvalue weighted by molar-refractivity contribution is 4.92. The van der Waals surface area contributed by atoms with Crippen LogP contribution in [0.2, 0.25) is 0 Å². The first kappa shape index (κ1) is 14.3. The van der Waals surface area contributed by atoms with Crippen molar-refractivity contribution in [1.82, 2.24) is 19.9 Å². The zero-order chi connectivity index (χ0) is 14.0. The van der Waals surface area contributed by atoms with Gasteiger partial charge in [0.2, 0.25) is 5.89 Å². The number of hydrogen-bond acceptors (Lipinski definition) is 5. The van der Waals surface area contributed by atoms with Gasteiger partial charge in [-0.05, 0) is 13.8 Å². The third-order valence-corrected chi connectivity index (χ3v) is 3.26. The molecule has 0 aliphatic carbocycles. The smallest absolute Gasteiger partial charge is 0.338 e. The minimum absolute atomic E-state index is 0.0609. The van der Waals surface area contributed by atoms with E-state index in [1.165, 1.54) is 4.90 Å². The maximum Gasteiger partial charge on any atom is 0.401 e. The van der Waals surface area contributed by atoms with E-state index in [0.29, 0.717) is 37.9 Å². The summed E-state index contributed by atoms with van der Waals surface area (Å²) in [7, 11) is 0. The molecule has 8 heteroatoms. The summed E-state index contributed by atoms with van der Waals surface area (Å²) < 4.78 is 41.9. The van der Waals surface area contributed by atoms with E-state index in [4.69, 9.17) is 4.52 Å². The summed E-state index contributed by atoms with van der Waals surface area (Å²) in [6.45, 7) is 4.76. The Bertz CT molecular complexity index is 412. The number of alkyl halides is 3. The molecule has 1 aromatic rings. The van der Waals surface area contributed by atoms with Crippen LogP contribution in [0.1, 0.15) is 24.7 Å². The number of nitrogens with zero attached hydrogens (tertiary/aromatic N) is 4. The fraction of sp³-hybridized carbons (Fsp3) is 0.818. The molecule has 2 heterocycles. The van der Waals surface area contributed by atoms with Crippen molar-refractivity contribution in [2.45, 2.75) is 26.1 Å². The number of hydrogen-bond donors (Lipinski definition) is 0. The molecule has 1 fully saturated rings. The van der Waals surface area contributed by atoms with Crippen molar-refractivity contribution in [2.75, 3.05) is 32.7 Å². The van der Waals surface area contributed by atoms with Crippen molar-refractivity contribution in [1.29, 1.82) is 0 Å². The number of piperazine rings is 1. The molecule has 0 spiro atoms. The van der Waals surface area contributed by atoms with Crippen LogP contribution in [-0.2, 0) is 0 Å². The quantitative estimate of drug-likeness (QED) is 0.840. The molecule has 19 heavy (non-hydrogen) atoms. The third kappa shape index (κ3) is 3.90. The van der Waals surface area contributed by atoms with Crippen LogP contribution in [0.3, 0.4) is 0 Å². The SMILES string of the molecule is Cc1noc(C(C)N2CCN(CC(F)(F)F)CC2)n1. The first-order valence-corrected chi connectivity index (χ1v) is 6.18. The molecule has 1 unspecified atom stereocenters. The van der Waals surface area contributed by atoms with Crippen LogP contribution < -0.4 is 0 Å². The first-order chi connectivity index (χ1) is 8.85. The maximum absolute atomic E-state index is 12.3. The number of rotatable bonds is 3. The van der Waals surface area contributed by atoms with Gasteiger partial charge in [-0.1, -0.05) is 5.16 Å². The minimum Gasteiger partial charge on any atom is -0.338 e. The zero-order valence-electron chi connectivity index (χ0n) is 10.9. The van der Waals surface area contributed by atoms with Gasteiger partial charge in [0.05, 0.1) is 12.6 Å². The Morgan fingerprint density at radius 2 is 1.89 bits per heavy atom. The van der Waals surface area contributed by atoms with Crippen LogP contribution in [-0.4, -0.2) is 58.8 Å². The Labute approximate surface area is 109 Å². The van der Waals surface area contributed by atoms with Gasteiger partial charge < -0.3 is 4.52 Å². The molecule has 1 aromatic heterocycles. The average molecular weight is 278 g/mol. The van der Waals surface area contributed by atoms with Crippen molar-refractivity contribution in [3.8, 4) is 0 Å². The lowest BCUT2D eigenvalue weighted by atomic mass is 10.2. The molecule has 0 N–H and O–H groups in total. The van der Waals surface area contributed by atoms with E-state index >= 15 is 0 Å². The predicted octanol–water partition coefficient (Wildman–Crippen LogP) is 1.62. The molecule has 2 rings (SSSR count). The topological polar surface area (TPSA) is 45.4 Å². The summed E-state index contributed by atoms with van der Waals surface area (Å²) in [5.41, 5.74) is 0. The molecule has 1 saturated heterocycles. The van der Waals surface area contributed by atoms with Crippen LogP contribution in [0.5, 0.6) is 0 Å². The van der Waals surface area contributed by atoms with Gasteiger partial charge in [0, 0.05) is 26.2 Å². The van der Waals surface area contributed by atoms with Crippen LogP contribution in [0, 0.1) is 6.92 Å². The van der Waals surface area contributed by atoms with Gasteiger partial charge in [-0.2, -0.15) is 18.2 Å². The van der Waals surface area contributed by atoms with Gasteiger partial charge in [0.25, 0.3) is 0 Å². The van der Waals surface area contributed by atoms with Gasteiger partial charge in [-0.15, -0.1) is 0 Å². The molecule has 1 aliphatic rings. The summed E-state index contributed by atoms with van der Waals surface area (Å²) >= 11 is 0. The lowest BCUT2D eigenvalue weighted by Crippen LogP contribution is -2.49. The molecule has 1 aliphatic heterocycles. The molecule has 0 amide bonds. The van der Waals surface area contributed by atoms with Crippen molar-refractivity contribution < 1.29 is 17.7 Å². The van der Waals surface area contributed by atoms with Gasteiger partial charge in [-0.25, -0.2) is 0 Å². The Balaban J connectivity index is 1.86. The lowest BCUT2D eigenvalue weighted by molar-refractivity contribution is -0.149. The number of aromatic nitrogens is 2. The van der Waals surface area contributed by atoms with Crippen molar-refractivity contribution in [2.24, 2.45) is 0 Å². The predicted molar refractivity (Wildman–Crippen MR) is 61.5 cm³/mol. The van der Waals surface area contributed by atoms with E-state index in [9.17, 15) is 13.2 Å². The van der Waals surface area contributed by atoms with Crippen LogP contribution in [0.25, 0.3) is 0 Å². The summed E-state index contributed by atoms with van der Waals surface area (Å²) in [6.07, 6.45) is -4.13. The van der Waals surface area contributed by atoms with Crippen LogP contribution >= 0.6 is 0 Å². The van der Waals surface area contributed by atoms with Gasteiger partial charge in [-0.3, -0.25) is 9.80 Å². The Morgan fingerprint density at radius 1 is 1.26 bits per heavy atom. The van der Waals surface area contributed by atoms with E-state index < -0.39 is 12.7 Å². The minimum atomic E-state index is -4.13. The monoisotopic (exact) mass is 278 g/mol. The highest BCUT2D eigenvalue weighted by atomic mass is 19.4. The van der Waals surface area contributed by atoms with E-state index in [0.717, 1.165) is 0 Å². The molecule has 0 aromatic carbocycles. The molecule has 0 radical (unpaired) electrons. The van der Waals surface area contributed by atoms with E-state index in [-0.39, 0.29) is 6.04 Å². The molecule has 5 nitrogen and oxygen atoms in total. The molecule has 0 bridgehead atoms. The lowest BCUT2D eigenvalue weighted by Gasteiger charge is -2.36. The van der Waals surface area contributed by atoms with E-state index in [2.05, 4.69) is 15.0 Å². The molecule has 0 saturated carbocycles. The average Bonchev–Trinajstić information content (AvgIpc) is 2.74. The summed E-state index contributed by atoms with van der Waals surface area (Å²) in [4.78, 5) is 7.63. The molecule has 1 atom stereocenters. The highest BCUT2D eigenvalue weighted by Gasteiger charge is 2.33. The highest BCUT2D eigenvalue weighted by Crippen LogP contribution is 2.22. The first-order valence-electron chi connectivity index (χ1n) is 6.18. The molecular formula is C11H17F3N4O. The Hall–Kier alpha value is -1.15. The van der Waals surface area contributed by atoms with Gasteiger partial charge in [0.15, 0.2) is 5.82 Å². The van der Waals surface area contributed by atoms with E-state index in [1.807, 2.05) is 6.92 Å². The van der Waals surface area contributed by atoms with Crippen molar-refractivity contribution >= 4 is 0 Å². The zero-order valence-corrected chi connectivity index (χ0v) is 10.9. The number of halogens is 3. The fourth-order valence-corrected chi connectivity index (χ4v) is 2.20. The Kier molecular flexibility index (Phi) is 4.10.